The van der Waals surface area contributed by atoms with Crippen LogP contribution in [0.15, 0.2) is 23.2 Å². The smallest absolute Gasteiger partial charge is 0.241 e. The monoisotopic (exact) mass is 326 g/mol. The summed E-state index contributed by atoms with van der Waals surface area (Å²) < 4.78 is 28.6. The second-order valence-electron chi connectivity index (χ2n) is 5.87. The number of aromatic nitrogens is 1. The number of nitrogens with one attached hydrogen (secondary N) is 1. The molecule has 22 heavy (non-hydrogen) atoms. The van der Waals surface area contributed by atoms with Gasteiger partial charge >= 0.3 is 0 Å². The maximum absolute atomic E-state index is 11.6. The average molecular weight is 326 g/mol. The van der Waals surface area contributed by atoms with Crippen molar-refractivity contribution in [3.63, 3.8) is 0 Å². The normalized spacial score (nSPS) is 24.5. The molecule has 3 heterocycles. The predicted octanol–water partition coefficient (Wildman–Crippen LogP) is 0.394. The van der Waals surface area contributed by atoms with Crippen molar-refractivity contribution in [3.8, 4) is 0 Å². The van der Waals surface area contributed by atoms with Crippen LogP contribution in [0, 0.1) is 0 Å². The topological polar surface area (TPSA) is 97.6 Å². The summed E-state index contributed by atoms with van der Waals surface area (Å²) in [5, 5.41) is 8.48. The quantitative estimate of drug-likeness (QED) is 0.831. The van der Waals surface area contributed by atoms with E-state index in [4.69, 9.17) is 9.88 Å². The van der Waals surface area contributed by atoms with Crippen molar-refractivity contribution in [2.24, 2.45) is 5.14 Å². The van der Waals surface area contributed by atoms with Gasteiger partial charge in [-0.25, -0.2) is 18.5 Å². The number of primary sulfonamides is 1. The lowest BCUT2D eigenvalue weighted by Gasteiger charge is -2.35. The number of nitrogens with zero attached hydrogens (tertiary/aromatic N) is 2. The van der Waals surface area contributed by atoms with E-state index in [2.05, 4.69) is 15.2 Å². The molecule has 1 atom stereocenters. The molecule has 0 amide bonds. The van der Waals surface area contributed by atoms with Gasteiger partial charge in [0, 0.05) is 38.0 Å². The summed E-state index contributed by atoms with van der Waals surface area (Å²) in [6, 6.07) is 3.81. The summed E-state index contributed by atoms with van der Waals surface area (Å²) >= 11 is 0. The first-order valence-corrected chi connectivity index (χ1v) is 9.15. The van der Waals surface area contributed by atoms with Gasteiger partial charge in [0.1, 0.15) is 10.7 Å². The van der Waals surface area contributed by atoms with Gasteiger partial charge in [-0.2, -0.15) is 0 Å². The van der Waals surface area contributed by atoms with Crippen molar-refractivity contribution in [1.82, 2.24) is 9.88 Å². The van der Waals surface area contributed by atoms with Crippen molar-refractivity contribution in [2.75, 3.05) is 31.6 Å². The fourth-order valence-electron chi connectivity index (χ4n) is 3.14. The average Bonchev–Trinajstić information content (AvgIpc) is 3.02. The minimum atomic E-state index is -3.76. The third-order valence-electron chi connectivity index (χ3n) is 4.37. The van der Waals surface area contributed by atoms with Gasteiger partial charge in [0.25, 0.3) is 0 Å². The van der Waals surface area contributed by atoms with Crippen LogP contribution in [0.1, 0.15) is 19.3 Å². The zero-order valence-electron chi connectivity index (χ0n) is 12.4. The standard InChI is InChI=1S/C14H22N4O3S/c15-22(19,20)13-2-1-6-16-14(13)17-11-3-7-18(8-4-11)12-5-9-21-10-12/h1-2,6,11-12H,3-5,7-10H2,(H,16,17)(H2,15,19,20). The fraction of sp³-hybridized carbons (Fsp3) is 0.643. The molecule has 0 spiro atoms. The van der Waals surface area contributed by atoms with Crippen LogP contribution in [-0.4, -0.2) is 56.7 Å². The van der Waals surface area contributed by atoms with Crippen molar-refractivity contribution in [3.05, 3.63) is 18.3 Å². The molecule has 2 aliphatic heterocycles. The molecule has 0 saturated carbocycles. The van der Waals surface area contributed by atoms with Gasteiger partial charge in [0.05, 0.1) is 6.61 Å². The number of piperidine rings is 1. The lowest BCUT2D eigenvalue weighted by molar-refractivity contribution is 0.124. The van der Waals surface area contributed by atoms with Crippen molar-refractivity contribution < 1.29 is 13.2 Å². The highest BCUT2D eigenvalue weighted by molar-refractivity contribution is 7.89. The molecule has 8 heteroatoms. The molecule has 2 fully saturated rings. The minimum absolute atomic E-state index is 0.0571. The SMILES string of the molecule is NS(=O)(=O)c1cccnc1NC1CCN(C2CCOC2)CC1. The molecule has 7 nitrogen and oxygen atoms in total. The van der Waals surface area contributed by atoms with E-state index in [0.717, 1.165) is 45.6 Å². The Morgan fingerprint density at radius 2 is 2.09 bits per heavy atom. The zero-order valence-corrected chi connectivity index (χ0v) is 13.3. The van der Waals surface area contributed by atoms with Crippen LogP contribution in [-0.2, 0) is 14.8 Å². The Balaban J connectivity index is 1.61. The van der Waals surface area contributed by atoms with Crippen LogP contribution in [0.5, 0.6) is 0 Å². The largest absolute Gasteiger partial charge is 0.380 e. The Kier molecular flexibility index (Phi) is 4.62. The number of nitrogens with two attached hydrogens (primary N) is 1. The van der Waals surface area contributed by atoms with Gasteiger partial charge in [-0.1, -0.05) is 0 Å². The highest BCUT2D eigenvalue weighted by atomic mass is 32.2. The molecular weight excluding hydrogens is 304 g/mol. The summed E-state index contributed by atoms with van der Waals surface area (Å²) in [6.07, 6.45) is 4.59. The molecule has 1 aromatic heterocycles. The summed E-state index contributed by atoms with van der Waals surface area (Å²) in [5.41, 5.74) is 0. The van der Waals surface area contributed by atoms with Crippen molar-refractivity contribution >= 4 is 15.8 Å². The number of hydrogen-bond acceptors (Lipinski definition) is 6. The Bertz CT molecular complexity index is 608. The van der Waals surface area contributed by atoms with Crippen molar-refractivity contribution in [1.29, 1.82) is 0 Å². The van der Waals surface area contributed by atoms with E-state index in [1.54, 1.807) is 12.3 Å². The van der Waals surface area contributed by atoms with E-state index in [0.29, 0.717) is 11.9 Å². The molecule has 122 valence electrons. The zero-order chi connectivity index (χ0) is 15.6. The van der Waals surface area contributed by atoms with Crippen LogP contribution >= 0.6 is 0 Å². The summed E-state index contributed by atoms with van der Waals surface area (Å²) in [5.74, 6) is 0.354. The third kappa shape index (κ3) is 3.57. The minimum Gasteiger partial charge on any atom is -0.380 e. The first-order valence-electron chi connectivity index (χ1n) is 7.60. The van der Waals surface area contributed by atoms with Crippen LogP contribution in [0.3, 0.4) is 0 Å². The number of ether oxygens (including phenoxy) is 1. The highest BCUT2D eigenvalue weighted by Gasteiger charge is 2.28. The van der Waals surface area contributed by atoms with Crippen LogP contribution in [0.25, 0.3) is 0 Å². The van der Waals surface area contributed by atoms with Crippen molar-refractivity contribution in [2.45, 2.75) is 36.2 Å². The molecule has 1 aromatic rings. The number of anilines is 1. The molecule has 0 aliphatic carbocycles. The van der Waals surface area contributed by atoms with Gasteiger partial charge in [-0.15, -0.1) is 0 Å². The Hall–Kier alpha value is -1.22. The highest BCUT2D eigenvalue weighted by Crippen LogP contribution is 2.23. The van der Waals surface area contributed by atoms with E-state index in [1.165, 1.54) is 6.07 Å². The van der Waals surface area contributed by atoms with Gasteiger partial charge in [0.2, 0.25) is 10.0 Å². The first-order chi connectivity index (χ1) is 10.5. The second kappa shape index (κ2) is 6.49. The molecule has 0 aromatic carbocycles. The molecular formula is C14H22N4O3S. The number of pyridine rings is 1. The molecule has 3 rings (SSSR count). The predicted molar refractivity (Wildman–Crippen MR) is 83.1 cm³/mol. The summed E-state index contributed by atoms with van der Waals surface area (Å²) in [7, 11) is -3.76. The van der Waals surface area contributed by atoms with E-state index in [1.807, 2.05) is 0 Å². The second-order valence-corrected chi connectivity index (χ2v) is 7.40. The first kappa shape index (κ1) is 15.7. The molecule has 2 saturated heterocycles. The van der Waals surface area contributed by atoms with Crippen LogP contribution in [0.2, 0.25) is 0 Å². The number of rotatable bonds is 4. The van der Waals surface area contributed by atoms with Gasteiger partial charge < -0.3 is 10.1 Å². The fourth-order valence-corrected chi connectivity index (χ4v) is 3.79. The van der Waals surface area contributed by atoms with E-state index >= 15 is 0 Å². The van der Waals surface area contributed by atoms with E-state index in [9.17, 15) is 8.42 Å². The lowest BCUT2D eigenvalue weighted by Crippen LogP contribution is -2.45. The molecule has 0 bridgehead atoms. The van der Waals surface area contributed by atoms with Gasteiger partial charge in [0.15, 0.2) is 0 Å². The lowest BCUT2D eigenvalue weighted by atomic mass is 10.0. The van der Waals surface area contributed by atoms with Gasteiger partial charge in [-0.05, 0) is 31.4 Å². The Morgan fingerprint density at radius 1 is 1.32 bits per heavy atom. The number of hydrogen-bond donors (Lipinski definition) is 2. The molecule has 0 radical (unpaired) electrons. The van der Waals surface area contributed by atoms with Gasteiger partial charge in [-0.3, -0.25) is 4.90 Å². The number of likely N-dealkylation sites (tertiary alicyclic amines) is 1. The maximum atomic E-state index is 11.6. The van der Waals surface area contributed by atoms with E-state index < -0.39 is 10.0 Å². The maximum Gasteiger partial charge on any atom is 0.241 e. The molecule has 2 aliphatic rings. The molecule has 3 N–H and O–H groups in total. The third-order valence-corrected chi connectivity index (χ3v) is 5.31. The summed E-state index contributed by atoms with van der Waals surface area (Å²) in [4.78, 5) is 6.65. The Morgan fingerprint density at radius 3 is 2.73 bits per heavy atom. The van der Waals surface area contributed by atoms with E-state index in [-0.39, 0.29) is 10.9 Å². The Labute approximate surface area is 130 Å². The molecule has 1 unspecified atom stereocenters. The summed E-state index contributed by atoms with van der Waals surface area (Å²) in [6.45, 7) is 3.66. The van der Waals surface area contributed by atoms with Crippen LogP contribution < -0.4 is 10.5 Å². The number of sulfonamides is 1. The van der Waals surface area contributed by atoms with Crippen LogP contribution in [0.4, 0.5) is 5.82 Å².